The van der Waals surface area contributed by atoms with E-state index in [1.807, 2.05) is 11.4 Å². The molecule has 0 aliphatic carbocycles. The second-order valence-electron chi connectivity index (χ2n) is 7.14. The minimum atomic E-state index is -3.90. The minimum Gasteiger partial charge on any atom is -0.480 e. The number of alkyl carbamates (subject to hydrolysis) is 2. The molecule has 0 bridgehead atoms. The van der Waals surface area contributed by atoms with Crippen LogP contribution in [0.15, 0.2) is 30.3 Å². The fraction of sp³-hybridized carbons (Fsp3) is 0.500. The van der Waals surface area contributed by atoms with E-state index < -0.39 is 51.1 Å². The van der Waals surface area contributed by atoms with Crippen molar-refractivity contribution in [1.29, 1.82) is 0 Å². The fourth-order valence-corrected chi connectivity index (χ4v) is 3.36. The molecule has 11 heteroatoms. The van der Waals surface area contributed by atoms with Gasteiger partial charge in [0.05, 0.1) is 11.5 Å². The van der Waals surface area contributed by atoms with Gasteiger partial charge in [-0.05, 0) is 26.3 Å². The quantitative estimate of drug-likeness (QED) is 0.531. The summed E-state index contributed by atoms with van der Waals surface area (Å²) in [6.07, 6.45) is -1.84. The molecule has 1 rings (SSSR count). The summed E-state index contributed by atoms with van der Waals surface area (Å²) in [6, 6.07) is 7.24. The van der Waals surface area contributed by atoms with E-state index in [0.717, 1.165) is 5.56 Å². The van der Waals surface area contributed by atoms with Crippen LogP contribution in [0.4, 0.5) is 9.59 Å². The second-order valence-corrected chi connectivity index (χ2v) is 9.37. The number of ether oxygens (including phenoxy) is 2. The maximum absolute atomic E-state index is 12.1. The van der Waals surface area contributed by atoms with Crippen LogP contribution in [0.2, 0.25) is 0 Å². The molecule has 0 saturated carbocycles. The highest BCUT2D eigenvalue weighted by Gasteiger charge is 2.28. The van der Waals surface area contributed by atoms with Gasteiger partial charge in [0.1, 0.15) is 18.2 Å². The first-order valence-corrected chi connectivity index (χ1v) is 10.6. The fourth-order valence-electron chi connectivity index (χ4n) is 2.04. The van der Waals surface area contributed by atoms with Crippen molar-refractivity contribution in [2.75, 3.05) is 18.1 Å². The Morgan fingerprint density at radius 2 is 1.72 bits per heavy atom. The van der Waals surface area contributed by atoms with Gasteiger partial charge in [0.2, 0.25) is 0 Å². The predicted octanol–water partition coefficient (Wildman–Crippen LogP) is 1.31. The Hall–Kier alpha value is -2.82. The maximum Gasteiger partial charge on any atom is 0.408 e. The lowest BCUT2D eigenvalue weighted by Crippen LogP contribution is -2.47. The van der Waals surface area contributed by atoms with E-state index in [-0.39, 0.29) is 13.2 Å². The maximum atomic E-state index is 12.1. The van der Waals surface area contributed by atoms with Gasteiger partial charge in [0.15, 0.2) is 9.84 Å². The molecule has 0 radical (unpaired) electrons. The van der Waals surface area contributed by atoms with Crippen LogP contribution in [-0.4, -0.2) is 61.4 Å². The van der Waals surface area contributed by atoms with Crippen LogP contribution in [0.3, 0.4) is 0 Å². The Morgan fingerprint density at radius 3 is 2.28 bits per heavy atom. The van der Waals surface area contributed by atoms with E-state index >= 15 is 0 Å². The summed E-state index contributed by atoms with van der Waals surface area (Å²) in [5.74, 6) is -2.88. The van der Waals surface area contributed by atoms with Gasteiger partial charge in [-0.3, -0.25) is 0 Å². The van der Waals surface area contributed by atoms with Gasteiger partial charge >= 0.3 is 18.2 Å². The van der Waals surface area contributed by atoms with Crippen molar-refractivity contribution in [2.24, 2.45) is 0 Å². The zero-order chi connectivity index (χ0) is 22.1. The molecule has 0 fully saturated rings. The number of nitrogens with one attached hydrogen (secondary N) is 2. The van der Waals surface area contributed by atoms with E-state index in [2.05, 4.69) is 5.32 Å². The van der Waals surface area contributed by atoms with Crippen molar-refractivity contribution in [3.05, 3.63) is 35.9 Å². The molecule has 0 saturated heterocycles. The molecule has 0 aliphatic heterocycles. The number of hydrogen-bond donors (Lipinski definition) is 3. The molecular formula is C18H26N2O8S. The molecular weight excluding hydrogens is 404 g/mol. The van der Waals surface area contributed by atoms with Gasteiger partial charge < -0.3 is 25.2 Å². The van der Waals surface area contributed by atoms with Crippen LogP contribution in [0.5, 0.6) is 0 Å². The Kier molecular flexibility index (Phi) is 8.89. The standard InChI is InChI=1S/C18H26N2O8S/c1-18(2,3)28-17(24)20-14(15(21)22)12-29(25,26)10-9-19-16(23)27-11-13-7-5-4-6-8-13/h4-8,14H,9-12H2,1-3H3,(H,19,23)(H,20,24)(H,21,22)/t14-/m0/s1. The summed E-state index contributed by atoms with van der Waals surface area (Å²) in [6.45, 7) is 4.51. The summed E-state index contributed by atoms with van der Waals surface area (Å²) in [4.78, 5) is 34.6. The van der Waals surface area contributed by atoms with Gasteiger partial charge in [0, 0.05) is 6.54 Å². The number of carboxylic acids is 1. The number of carbonyl (C=O) groups excluding carboxylic acids is 2. The Balaban J connectivity index is 2.46. The van der Waals surface area contributed by atoms with Gasteiger partial charge in [-0.15, -0.1) is 0 Å². The van der Waals surface area contributed by atoms with E-state index in [0.29, 0.717) is 0 Å². The number of sulfone groups is 1. The molecule has 1 aromatic carbocycles. The number of aliphatic carboxylic acids is 1. The summed E-state index contributed by atoms with van der Waals surface area (Å²) in [7, 11) is -3.90. The third kappa shape index (κ3) is 10.9. The smallest absolute Gasteiger partial charge is 0.408 e. The van der Waals surface area contributed by atoms with Crippen LogP contribution in [0.25, 0.3) is 0 Å². The van der Waals surface area contributed by atoms with Crippen molar-refractivity contribution in [3.63, 3.8) is 0 Å². The van der Waals surface area contributed by atoms with Gasteiger partial charge in [-0.2, -0.15) is 0 Å². The number of amides is 2. The lowest BCUT2D eigenvalue weighted by atomic mass is 10.2. The molecule has 0 unspecified atom stereocenters. The first-order chi connectivity index (χ1) is 13.4. The molecule has 162 valence electrons. The first kappa shape index (κ1) is 24.2. The van der Waals surface area contributed by atoms with Crippen molar-refractivity contribution in [2.45, 2.75) is 39.0 Å². The summed E-state index contributed by atoms with van der Waals surface area (Å²) in [5.41, 5.74) is -0.0939. The number of carboxylic acid groups (broad SMARTS) is 1. The normalized spacial score (nSPS) is 12.5. The summed E-state index contributed by atoms with van der Waals surface area (Å²) in [5, 5.41) is 13.4. The van der Waals surface area contributed by atoms with Crippen LogP contribution < -0.4 is 10.6 Å². The molecule has 2 amide bonds. The van der Waals surface area contributed by atoms with Crippen molar-refractivity contribution in [1.82, 2.24) is 10.6 Å². The van der Waals surface area contributed by atoms with Gasteiger partial charge in [-0.25, -0.2) is 22.8 Å². The number of carbonyl (C=O) groups is 3. The molecule has 0 aliphatic rings. The molecule has 10 nitrogen and oxygen atoms in total. The third-order valence-corrected chi connectivity index (χ3v) is 4.97. The molecule has 0 aromatic heterocycles. The van der Waals surface area contributed by atoms with Gasteiger partial charge in [0.25, 0.3) is 0 Å². The molecule has 0 heterocycles. The van der Waals surface area contributed by atoms with Crippen LogP contribution in [-0.2, 0) is 30.7 Å². The largest absolute Gasteiger partial charge is 0.480 e. The molecule has 1 aromatic rings. The highest BCUT2D eigenvalue weighted by Crippen LogP contribution is 2.07. The van der Waals surface area contributed by atoms with Crippen LogP contribution >= 0.6 is 0 Å². The average Bonchev–Trinajstić information content (AvgIpc) is 2.58. The van der Waals surface area contributed by atoms with Crippen molar-refractivity contribution in [3.8, 4) is 0 Å². The zero-order valence-electron chi connectivity index (χ0n) is 16.5. The van der Waals surface area contributed by atoms with Crippen molar-refractivity contribution < 1.29 is 37.4 Å². The Bertz CT molecular complexity index is 803. The monoisotopic (exact) mass is 430 g/mol. The third-order valence-electron chi connectivity index (χ3n) is 3.30. The van der Waals surface area contributed by atoms with E-state index in [9.17, 15) is 22.8 Å². The zero-order valence-corrected chi connectivity index (χ0v) is 17.3. The lowest BCUT2D eigenvalue weighted by Gasteiger charge is -2.22. The highest BCUT2D eigenvalue weighted by atomic mass is 32.2. The molecule has 0 spiro atoms. The van der Waals surface area contributed by atoms with Gasteiger partial charge in [-0.1, -0.05) is 30.3 Å². The molecule has 3 N–H and O–H groups in total. The van der Waals surface area contributed by atoms with E-state index in [4.69, 9.17) is 14.6 Å². The average molecular weight is 430 g/mol. The van der Waals surface area contributed by atoms with Crippen LogP contribution in [0.1, 0.15) is 26.3 Å². The SMILES string of the molecule is CC(C)(C)OC(=O)N[C@@H](CS(=O)(=O)CCNC(=O)OCc1ccccc1)C(=O)O. The second kappa shape index (κ2) is 10.6. The van der Waals surface area contributed by atoms with Crippen LogP contribution in [0, 0.1) is 0 Å². The lowest BCUT2D eigenvalue weighted by molar-refractivity contribution is -0.138. The topological polar surface area (TPSA) is 148 Å². The molecule has 29 heavy (non-hydrogen) atoms. The number of rotatable bonds is 9. The number of benzene rings is 1. The highest BCUT2D eigenvalue weighted by molar-refractivity contribution is 7.91. The Morgan fingerprint density at radius 1 is 1.10 bits per heavy atom. The summed E-state index contributed by atoms with van der Waals surface area (Å²) < 4.78 is 34.1. The predicted molar refractivity (Wildman–Crippen MR) is 104 cm³/mol. The van der Waals surface area contributed by atoms with Crippen molar-refractivity contribution >= 4 is 28.0 Å². The van der Waals surface area contributed by atoms with E-state index in [1.165, 1.54) is 0 Å². The Labute approximate surface area is 169 Å². The summed E-state index contributed by atoms with van der Waals surface area (Å²) >= 11 is 0. The number of hydrogen-bond acceptors (Lipinski definition) is 7. The minimum absolute atomic E-state index is 0.0281. The molecule has 1 atom stereocenters. The first-order valence-electron chi connectivity index (χ1n) is 8.75. The van der Waals surface area contributed by atoms with E-state index in [1.54, 1.807) is 45.0 Å².